The van der Waals surface area contributed by atoms with E-state index < -0.39 is 0 Å². The number of ether oxygens (including phenoxy) is 1. The van der Waals surface area contributed by atoms with Gasteiger partial charge in [0.25, 0.3) is 0 Å². The predicted octanol–water partition coefficient (Wildman–Crippen LogP) is 0.823. The molecule has 0 spiro atoms. The Balaban J connectivity index is 1.58. The summed E-state index contributed by atoms with van der Waals surface area (Å²) in [5, 5.41) is 0. The van der Waals surface area contributed by atoms with Gasteiger partial charge < -0.3 is 9.64 Å². The highest BCUT2D eigenvalue weighted by atomic mass is 16.5. The molecule has 1 atom stereocenters. The maximum Gasteiger partial charge on any atom is 0.236 e. The van der Waals surface area contributed by atoms with E-state index in [1.54, 1.807) is 6.20 Å². The average Bonchev–Trinajstić information content (AvgIpc) is 2.56. The first kappa shape index (κ1) is 15.4. The Bertz CT molecular complexity index is 517. The van der Waals surface area contributed by atoms with Gasteiger partial charge >= 0.3 is 0 Å². The van der Waals surface area contributed by atoms with Crippen molar-refractivity contribution in [3.63, 3.8) is 0 Å². The van der Waals surface area contributed by atoms with Crippen LogP contribution in [0.2, 0.25) is 0 Å². The minimum absolute atomic E-state index is 0.229. The predicted molar refractivity (Wildman–Crippen MR) is 82.6 cm³/mol. The van der Waals surface area contributed by atoms with Crippen molar-refractivity contribution in [2.45, 2.75) is 25.7 Å². The average molecular weight is 304 g/mol. The zero-order valence-corrected chi connectivity index (χ0v) is 13.2. The molecular weight excluding hydrogens is 280 g/mol. The number of morpholine rings is 1. The lowest BCUT2D eigenvalue weighted by Gasteiger charge is -2.34. The smallest absolute Gasteiger partial charge is 0.236 e. The van der Waals surface area contributed by atoms with Crippen LogP contribution in [0.5, 0.6) is 0 Å². The van der Waals surface area contributed by atoms with Crippen LogP contribution in [0.4, 0.5) is 0 Å². The molecule has 22 heavy (non-hydrogen) atoms. The molecule has 6 heteroatoms. The summed E-state index contributed by atoms with van der Waals surface area (Å²) >= 11 is 0. The van der Waals surface area contributed by atoms with Gasteiger partial charge in [-0.1, -0.05) is 0 Å². The van der Waals surface area contributed by atoms with Crippen molar-refractivity contribution in [1.82, 2.24) is 19.8 Å². The Morgan fingerprint density at radius 2 is 2.14 bits per heavy atom. The number of piperidine rings is 1. The van der Waals surface area contributed by atoms with E-state index in [1.165, 1.54) is 0 Å². The molecule has 3 rings (SSSR count). The van der Waals surface area contributed by atoms with Gasteiger partial charge in [0, 0.05) is 44.5 Å². The van der Waals surface area contributed by atoms with Gasteiger partial charge in [-0.2, -0.15) is 0 Å². The summed E-state index contributed by atoms with van der Waals surface area (Å²) in [6.45, 7) is 7.26. The van der Waals surface area contributed by atoms with Crippen LogP contribution in [0.3, 0.4) is 0 Å². The first-order valence-corrected chi connectivity index (χ1v) is 8.09. The van der Waals surface area contributed by atoms with Gasteiger partial charge in [-0.3, -0.25) is 19.7 Å². The number of hydrogen-bond donors (Lipinski definition) is 0. The van der Waals surface area contributed by atoms with E-state index in [1.807, 2.05) is 18.0 Å². The summed E-state index contributed by atoms with van der Waals surface area (Å²) < 4.78 is 5.33. The minimum Gasteiger partial charge on any atom is -0.379 e. The number of likely N-dealkylation sites (tertiary alicyclic amines) is 1. The standard InChI is InChI=1S/C16H24N4O2/c1-13-9-17-10-15(18-13)14-3-2-4-20(11-14)16(21)12-19-5-7-22-8-6-19/h9-10,14H,2-8,11-12H2,1H3. The number of carbonyl (C=O) groups is 1. The fourth-order valence-electron chi connectivity index (χ4n) is 3.18. The molecule has 0 aliphatic carbocycles. The number of amides is 1. The molecule has 1 amide bonds. The van der Waals surface area contributed by atoms with Crippen molar-refractivity contribution in [3.05, 3.63) is 23.8 Å². The van der Waals surface area contributed by atoms with Gasteiger partial charge in [-0.25, -0.2) is 0 Å². The van der Waals surface area contributed by atoms with E-state index in [0.717, 1.165) is 63.6 Å². The Morgan fingerprint density at radius 3 is 2.91 bits per heavy atom. The Morgan fingerprint density at radius 1 is 1.32 bits per heavy atom. The van der Waals surface area contributed by atoms with Crippen LogP contribution < -0.4 is 0 Å². The molecule has 2 fully saturated rings. The summed E-state index contributed by atoms with van der Waals surface area (Å²) in [5.74, 6) is 0.544. The zero-order chi connectivity index (χ0) is 15.4. The summed E-state index contributed by atoms with van der Waals surface area (Å²) in [5.41, 5.74) is 1.96. The molecule has 1 aromatic rings. The van der Waals surface area contributed by atoms with Crippen LogP contribution in [-0.4, -0.2) is 71.6 Å². The van der Waals surface area contributed by atoms with Crippen LogP contribution in [0.15, 0.2) is 12.4 Å². The second kappa shape index (κ2) is 7.15. The topological polar surface area (TPSA) is 58.6 Å². The van der Waals surface area contributed by atoms with Gasteiger partial charge in [-0.05, 0) is 19.8 Å². The van der Waals surface area contributed by atoms with E-state index >= 15 is 0 Å². The monoisotopic (exact) mass is 304 g/mol. The van der Waals surface area contributed by atoms with Crippen LogP contribution in [-0.2, 0) is 9.53 Å². The highest BCUT2D eigenvalue weighted by Crippen LogP contribution is 2.25. The number of nitrogens with zero attached hydrogens (tertiary/aromatic N) is 4. The Kier molecular flexibility index (Phi) is 5.00. The van der Waals surface area contributed by atoms with Gasteiger partial charge in [0.2, 0.25) is 5.91 Å². The van der Waals surface area contributed by atoms with Crippen LogP contribution >= 0.6 is 0 Å². The molecule has 2 aliphatic heterocycles. The molecule has 0 radical (unpaired) electrons. The third-order valence-electron chi connectivity index (χ3n) is 4.43. The van der Waals surface area contributed by atoms with Crippen molar-refractivity contribution >= 4 is 5.91 Å². The molecule has 120 valence electrons. The molecule has 2 aliphatic rings. The molecule has 0 N–H and O–H groups in total. The third-order valence-corrected chi connectivity index (χ3v) is 4.43. The molecular formula is C16H24N4O2. The van der Waals surface area contributed by atoms with Gasteiger partial charge in [-0.15, -0.1) is 0 Å². The number of aryl methyl sites for hydroxylation is 1. The van der Waals surface area contributed by atoms with Crippen molar-refractivity contribution < 1.29 is 9.53 Å². The quantitative estimate of drug-likeness (QED) is 0.827. The van der Waals surface area contributed by atoms with E-state index in [0.29, 0.717) is 12.5 Å². The lowest BCUT2D eigenvalue weighted by molar-refractivity contribution is -0.134. The van der Waals surface area contributed by atoms with E-state index in [4.69, 9.17) is 4.74 Å². The van der Waals surface area contributed by atoms with Gasteiger partial charge in [0.05, 0.1) is 31.1 Å². The number of hydrogen-bond acceptors (Lipinski definition) is 5. The fraction of sp³-hybridized carbons (Fsp3) is 0.688. The Labute approximate surface area is 131 Å². The largest absolute Gasteiger partial charge is 0.379 e. The molecule has 0 aromatic carbocycles. The number of carbonyl (C=O) groups excluding carboxylic acids is 1. The molecule has 0 bridgehead atoms. The van der Waals surface area contributed by atoms with E-state index in [9.17, 15) is 4.79 Å². The molecule has 6 nitrogen and oxygen atoms in total. The third kappa shape index (κ3) is 3.81. The number of aromatic nitrogens is 2. The second-order valence-electron chi connectivity index (χ2n) is 6.15. The van der Waals surface area contributed by atoms with Crippen molar-refractivity contribution in [2.24, 2.45) is 0 Å². The first-order chi connectivity index (χ1) is 10.7. The van der Waals surface area contributed by atoms with Crippen molar-refractivity contribution in [2.75, 3.05) is 45.9 Å². The number of rotatable bonds is 3. The van der Waals surface area contributed by atoms with E-state index in [-0.39, 0.29) is 5.91 Å². The summed E-state index contributed by atoms with van der Waals surface area (Å²) in [6.07, 6.45) is 5.73. The summed E-state index contributed by atoms with van der Waals surface area (Å²) in [4.78, 5) is 25.5. The van der Waals surface area contributed by atoms with Crippen LogP contribution in [0, 0.1) is 6.92 Å². The maximum absolute atomic E-state index is 12.5. The van der Waals surface area contributed by atoms with Crippen molar-refractivity contribution in [3.8, 4) is 0 Å². The van der Waals surface area contributed by atoms with Gasteiger partial charge in [0.1, 0.15) is 0 Å². The first-order valence-electron chi connectivity index (χ1n) is 8.09. The molecule has 0 saturated carbocycles. The lowest BCUT2D eigenvalue weighted by atomic mass is 9.95. The maximum atomic E-state index is 12.5. The Hall–Kier alpha value is -1.53. The second-order valence-corrected chi connectivity index (χ2v) is 6.15. The minimum atomic E-state index is 0.229. The molecule has 1 unspecified atom stereocenters. The molecule has 2 saturated heterocycles. The van der Waals surface area contributed by atoms with Crippen molar-refractivity contribution in [1.29, 1.82) is 0 Å². The SMILES string of the molecule is Cc1cncc(C2CCCN(C(=O)CN3CCOCC3)C2)n1. The van der Waals surface area contributed by atoms with Gasteiger partial charge in [0.15, 0.2) is 0 Å². The fourth-order valence-corrected chi connectivity index (χ4v) is 3.18. The molecule has 1 aromatic heterocycles. The van der Waals surface area contributed by atoms with Crippen LogP contribution in [0.25, 0.3) is 0 Å². The zero-order valence-electron chi connectivity index (χ0n) is 13.2. The van der Waals surface area contributed by atoms with Crippen LogP contribution in [0.1, 0.15) is 30.1 Å². The highest BCUT2D eigenvalue weighted by molar-refractivity contribution is 5.78. The lowest BCUT2D eigenvalue weighted by Crippen LogP contribution is -2.47. The molecule has 3 heterocycles. The van der Waals surface area contributed by atoms with E-state index in [2.05, 4.69) is 14.9 Å². The normalized spacial score (nSPS) is 23.5. The summed E-state index contributed by atoms with van der Waals surface area (Å²) in [7, 11) is 0. The summed E-state index contributed by atoms with van der Waals surface area (Å²) in [6, 6.07) is 0. The highest BCUT2D eigenvalue weighted by Gasteiger charge is 2.27.